The van der Waals surface area contributed by atoms with Crippen LogP contribution in [0.25, 0.3) is 0 Å². The largest absolute Gasteiger partial charge is 0.478 e. The van der Waals surface area contributed by atoms with Crippen LogP contribution in [0.4, 0.5) is 0 Å². The van der Waals surface area contributed by atoms with Gasteiger partial charge in [-0.05, 0) is 45.4 Å². The van der Waals surface area contributed by atoms with Crippen LogP contribution >= 0.6 is 0 Å². The predicted molar refractivity (Wildman–Crippen MR) is 91.6 cm³/mol. The minimum atomic E-state index is -0.795. The third kappa shape index (κ3) is 15.2. The first-order valence-corrected chi connectivity index (χ1v) is 8.73. The molecule has 0 saturated heterocycles. The fraction of sp³-hybridized carbons (Fsp3) is 0.737. The van der Waals surface area contributed by atoms with Crippen LogP contribution in [0.1, 0.15) is 90.9 Å². The Morgan fingerprint density at radius 1 is 0.810 bits per heavy atom. The molecule has 0 saturated carbocycles. The molecule has 0 atom stereocenters. The smallest absolute Gasteiger partial charge is 0.330 e. The number of carboxylic acid groups (broad SMARTS) is 1. The zero-order valence-corrected chi connectivity index (χ0v) is 14.1. The summed E-state index contributed by atoms with van der Waals surface area (Å²) >= 11 is 0. The van der Waals surface area contributed by atoms with Crippen LogP contribution in [0, 0.1) is 0 Å². The van der Waals surface area contributed by atoms with Crippen LogP contribution in [0.15, 0.2) is 23.8 Å². The number of aliphatic carboxylic acids is 1. The molecule has 0 aliphatic heterocycles. The average molecular weight is 294 g/mol. The van der Waals surface area contributed by atoms with Gasteiger partial charge in [-0.1, -0.05) is 63.7 Å². The lowest BCUT2D eigenvalue weighted by Gasteiger charge is -1.99. The zero-order chi connectivity index (χ0) is 15.8. The summed E-state index contributed by atoms with van der Waals surface area (Å²) in [7, 11) is 0. The second-order valence-electron chi connectivity index (χ2n) is 5.86. The molecule has 0 bridgehead atoms. The van der Waals surface area contributed by atoms with Crippen molar-refractivity contribution in [3.63, 3.8) is 0 Å². The third-order valence-corrected chi connectivity index (χ3v) is 3.75. The van der Waals surface area contributed by atoms with Gasteiger partial charge in [-0.3, -0.25) is 0 Å². The summed E-state index contributed by atoms with van der Waals surface area (Å²) in [5.41, 5.74) is 0.471. The van der Waals surface area contributed by atoms with E-state index in [0.29, 0.717) is 5.57 Å². The van der Waals surface area contributed by atoms with Crippen LogP contribution in [-0.4, -0.2) is 11.1 Å². The van der Waals surface area contributed by atoms with Gasteiger partial charge in [0.2, 0.25) is 0 Å². The molecule has 0 unspecified atom stereocenters. The van der Waals surface area contributed by atoms with E-state index in [1.54, 1.807) is 6.92 Å². The SMILES string of the molecule is CCCCCC/C=C\CCCCCCC/C=C(\C)C(=O)O. The van der Waals surface area contributed by atoms with E-state index < -0.39 is 5.97 Å². The highest BCUT2D eigenvalue weighted by Crippen LogP contribution is 2.10. The summed E-state index contributed by atoms with van der Waals surface area (Å²) in [6.45, 7) is 3.91. The van der Waals surface area contributed by atoms with E-state index in [2.05, 4.69) is 19.1 Å². The Hall–Kier alpha value is -1.05. The van der Waals surface area contributed by atoms with E-state index in [9.17, 15) is 4.79 Å². The van der Waals surface area contributed by atoms with Gasteiger partial charge in [0.25, 0.3) is 0 Å². The van der Waals surface area contributed by atoms with Crippen LogP contribution in [0.3, 0.4) is 0 Å². The number of allylic oxidation sites excluding steroid dienone is 3. The van der Waals surface area contributed by atoms with Crippen LogP contribution < -0.4 is 0 Å². The zero-order valence-electron chi connectivity index (χ0n) is 14.1. The molecule has 0 aromatic heterocycles. The molecule has 0 fully saturated rings. The van der Waals surface area contributed by atoms with Crippen molar-refractivity contribution in [3.05, 3.63) is 23.8 Å². The summed E-state index contributed by atoms with van der Waals surface area (Å²) in [6.07, 6.45) is 21.4. The monoisotopic (exact) mass is 294 g/mol. The first-order valence-electron chi connectivity index (χ1n) is 8.73. The Labute approximate surface area is 131 Å². The molecule has 0 heterocycles. The lowest BCUT2D eigenvalue weighted by atomic mass is 10.1. The molecular weight excluding hydrogens is 260 g/mol. The summed E-state index contributed by atoms with van der Waals surface area (Å²) in [5, 5.41) is 8.71. The molecule has 0 radical (unpaired) electrons. The lowest BCUT2D eigenvalue weighted by molar-refractivity contribution is -0.132. The van der Waals surface area contributed by atoms with Crippen molar-refractivity contribution in [1.29, 1.82) is 0 Å². The molecular formula is C19H34O2. The quantitative estimate of drug-likeness (QED) is 0.233. The van der Waals surface area contributed by atoms with Crippen molar-refractivity contribution >= 4 is 5.97 Å². The van der Waals surface area contributed by atoms with E-state index >= 15 is 0 Å². The topological polar surface area (TPSA) is 37.3 Å². The molecule has 2 heteroatoms. The number of hydrogen-bond acceptors (Lipinski definition) is 1. The number of rotatable bonds is 14. The molecule has 2 nitrogen and oxygen atoms in total. The molecule has 21 heavy (non-hydrogen) atoms. The van der Waals surface area contributed by atoms with E-state index in [-0.39, 0.29) is 0 Å². The van der Waals surface area contributed by atoms with Gasteiger partial charge >= 0.3 is 5.97 Å². The number of hydrogen-bond donors (Lipinski definition) is 1. The lowest BCUT2D eigenvalue weighted by Crippen LogP contribution is -1.95. The van der Waals surface area contributed by atoms with Gasteiger partial charge in [0.05, 0.1) is 0 Å². The third-order valence-electron chi connectivity index (χ3n) is 3.75. The summed E-state index contributed by atoms with van der Waals surface area (Å²) in [6, 6.07) is 0. The minimum absolute atomic E-state index is 0.471. The van der Waals surface area contributed by atoms with E-state index in [4.69, 9.17) is 5.11 Å². The molecule has 0 amide bonds. The maximum atomic E-state index is 10.6. The highest BCUT2D eigenvalue weighted by atomic mass is 16.4. The van der Waals surface area contributed by atoms with Crippen molar-refractivity contribution in [2.24, 2.45) is 0 Å². The van der Waals surface area contributed by atoms with Gasteiger partial charge in [-0.15, -0.1) is 0 Å². The first kappa shape index (κ1) is 19.9. The van der Waals surface area contributed by atoms with Crippen molar-refractivity contribution < 1.29 is 9.90 Å². The highest BCUT2D eigenvalue weighted by molar-refractivity contribution is 5.85. The summed E-state index contributed by atoms with van der Waals surface area (Å²) in [5.74, 6) is -0.795. The molecule has 0 aromatic rings. The Bertz CT molecular complexity index is 303. The van der Waals surface area contributed by atoms with Gasteiger partial charge < -0.3 is 5.11 Å². The Morgan fingerprint density at radius 2 is 1.29 bits per heavy atom. The van der Waals surface area contributed by atoms with E-state index in [0.717, 1.165) is 12.8 Å². The van der Waals surface area contributed by atoms with Crippen LogP contribution in [0.5, 0.6) is 0 Å². The summed E-state index contributed by atoms with van der Waals surface area (Å²) < 4.78 is 0. The fourth-order valence-corrected chi connectivity index (χ4v) is 2.27. The fourth-order valence-electron chi connectivity index (χ4n) is 2.27. The van der Waals surface area contributed by atoms with Gasteiger partial charge in [-0.25, -0.2) is 4.79 Å². The van der Waals surface area contributed by atoms with Gasteiger partial charge in [0, 0.05) is 5.57 Å². The summed E-state index contributed by atoms with van der Waals surface area (Å²) in [4.78, 5) is 10.6. The average Bonchev–Trinajstić information content (AvgIpc) is 2.47. The van der Waals surface area contributed by atoms with Crippen molar-refractivity contribution in [1.82, 2.24) is 0 Å². The van der Waals surface area contributed by atoms with E-state index in [1.807, 2.05) is 6.08 Å². The molecule has 0 aliphatic carbocycles. The normalized spacial score (nSPS) is 12.2. The number of carbonyl (C=O) groups is 1. The van der Waals surface area contributed by atoms with Crippen LogP contribution in [0.2, 0.25) is 0 Å². The maximum absolute atomic E-state index is 10.6. The molecule has 0 spiro atoms. The highest BCUT2D eigenvalue weighted by Gasteiger charge is 1.97. The van der Waals surface area contributed by atoms with Crippen molar-refractivity contribution in [2.75, 3.05) is 0 Å². The molecule has 0 aliphatic rings. The predicted octanol–water partition coefficient (Wildman–Crippen LogP) is 6.27. The van der Waals surface area contributed by atoms with Gasteiger partial charge in [0.1, 0.15) is 0 Å². The Balaban J connectivity index is 3.24. The standard InChI is InChI=1S/C19H34O2/c1-3-4-5-6-7-8-9-10-11-12-13-14-15-16-17-18(2)19(20)21/h8-9,17H,3-7,10-16H2,1-2H3,(H,20,21)/b9-8-,18-17+. The van der Waals surface area contributed by atoms with Crippen molar-refractivity contribution in [3.8, 4) is 0 Å². The Morgan fingerprint density at radius 3 is 1.81 bits per heavy atom. The molecule has 0 aromatic carbocycles. The maximum Gasteiger partial charge on any atom is 0.330 e. The molecule has 0 rings (SSSR count). The number of carboxylic acids is 1. The van der Waals surface area contributed by atoms with Crippen molar-refractivity contribution in [2.45, 2.75) is 90.9 Å². The van der Waals surface area contributed by atoms with Gasteiger partial charge in [-0.2, -0.15) is 0 Å². The number of unbranched alkanes of at least 4 members (excludes halogenated alkanes) is 10. The Kier molecular flexibility index (Phi) is 14.6. The van der Waals surface area contributed by atoms with Gasteiger partial charge in [0.15, 0.2) is 0 Å². The van der Waals surface area contributed by atoms with Crippen LogP contribution in [-0.2, 0) is 4.79 Å². The van der Waals surface area contributed by atoms with E-state index in [1.165, 1.54) is 64.2 Å². The minimum Gasteiger partial charge on any atom is -0.478 e. The second kappa shape index (κ2) is 15.3. The second-order valence-corrected chi connectivity index (χ2v) is 5.86. The molecule has 1 N–H and O–H groups in total. The first-order chi connectivity index (χ1) is 10.2. The molecule has 122 valence electrons.